The van der Waals surface area contributed by atoms with Crippen LogP contribution >= 0.6 is 0 Å². The predicted molar refractivity (Wildman–Crippen MR) is 65.3 cm³/mol. The Kier molecular flexibility index (Phi) is 3.93. The number of carboxylic acids is 1. The molecule has 3 N–H and O–H groups in total. The number of anilines is 1. The summed E-state index contributed by atoms with van der Waals surface area (Å²) in [5, 5.41) is 15.3. The molecule has 0 saturated heterocycles. The minimum Gasteiger partial charge on any atom is -0.477 e. The third kappa shape index (κ3) is 4.03. The van der Waals surface area contributed by atoms with E-state index in [4.69, 9.17) is 5.11 Å². The van der Waals surface area contributed by atoms with Gasteiger partial charge in [0.25, 0.3) is 0 Å². The van der Waals surface area contributed by atoms with Gasteiger partial charge in [0.1, 0.15) is 5.69 Å². The summed E-state index contributed by atoms with van der Waals surface area (Å²) in [4.78, 5) is 14.4. The zero-order valence-electron chi connectivity index (χ0n) is 9.65. The van der Waals surface area contributed by atoms with Gasteiger partial charge in [-0.3, -0.25) is 0 Å². The summed E-state index contributed by atoms with van der Waals surface area (Å²) in [5.74, 6) is -0.995. The van der Waals surface area contributed by atoms with Crippen molar-refractivity contribution < 1.29 is 9.90 Å². The highest BCUT2D eigenvalue weighted by Crippen LogP contribution is 2.18. The first-order valence-corrected chi connectivity index (χ1v) is 5.92. The lowest BCUT2D eigenvalue weighted by atomic mass is 10.3. The maximum absolute atomic E-state index is 10.6. The van der Waals surface area contributed by atoms with Crippen molar-refractivity contribution in [2.24, 2.45) is 0 Å². The molecule has 1 fully saturated rings. The van der Waals surface area contributed by atoms with Crippen molar-refractivity contribution in [3.63, 3.8) is 0 Å². The molecule has 5 nitrogen and oxygen atoms in total. The van der Waals surface area contributed by atoms with Gasteiger partial charge in [-0.05, 0) is 37.9 Å². The number of aromatic nitrogens is 1. The van der Waals surface area contributed by atoms with Crippen LogP contribution in [0.5, 0.6) is 0 Å². The van der Waals surface area contributed by atoms with E-state index in [0.29, 0.717) is 0 Å². The van der Waals surface area contributed by atoms with E-state index in [1.807, 2.05) is 0 Å². The SMILES string of the molecule is O=C(O)c1ccc(NCCCNC2CC2)cn1. The molecule has 5 heteroatoms. The number of carbonyl (C=O) groups is 1. The van der Waals surface area contributed by atoms with Gasteiger partial charge in [0.05, 0.1) is 11.9 Å². The number of nitrogens with one attached hydrogen (secondary N) is 2. The number of aromatic carboxylic acids is 1. The first-order chi connectivity index (χ1) is 8.25. The topological polar surface area (TPSA) is 74.2 Å². The predicted octanol–water partition coefficient (Wildman–Crippen LogP) is 1.33. The Hall–Kier alpha value is -1.62. The molecule has 1 heterocycles. The highest BCUT2D eigenvalue weighted by molar-refractivity contribution is 5.85. The third-order valence-corrected chi connectivity index (χ3v) is 2.68. The molecule has 0 spiro atoms. The monoisotopic (exact) mass is 235 g/mol. The van der Waals surface area contributed by atoms with Crippen LogP contribution in [0.15, 0.2) is 18.3 Å². The number of hydrogen-bond donors (Lipinski definition) is 3. The van der Waals surface area contributed by atoms with Gasteiger partial charge in [-0.2, -0.15) is 0 Å². The molecular formula is C12H17N3O2. The van der Waals surface area contributed by atoms with Crippen LogP contribution in [0, 0.1) is 0 Å². The van der Waals surface area contributed by atoms with Gasteiger partial charge in [-0.25, -0.2) is 9.78 Å². The summed E-state index contributed by atoms with van der Waals surface area (Å²) in [6.45, 7) is 1.89. The van der Waals surface area contributed by atoms with Crippen LogP contribution in [-0.4, -0.2) is 35.2 Å². The van der Waals surface area contributed by atoms with Gasteiger partial charge >= 0.3 is 5.97 Å². The first-order valence-electron chi connectivity index (χ1n) is 5.92. The van der Waals surface area contributed by atoms with Crippen molar-refractivity contribution in [1.82, 2.24) is 10.3 Å². The van der Waals surface area contributed by atoms with Gasteiger partial charge in [0, 0.05) is 12.6 Å². The molecule has 0 radical (unpaired) electrons. The second-order valence-corrected chi connectivity index (χ2v) is 4.25. The van der Waals surface area contributed by atoms with Gasteiger partial charge in [-0.1, -0.05) is 0 Å². The second kappa shape index (κ2) is 5.63. The smallest absolute Gasteiger partial charge is 0.354 e. The number of rotatable bonds is 7. The molecule has 17 heavy (non-hydrogen) atoms. The Bertz CT molecular complexity index is 374. The molecule has 2 rings (SSSR count). The first kappa shape index (κ1) is 11.9. The lowest BCUT2D eigenvalue weighted by molar-refractivity contribution is 0.0690. The lowest BCUT2D eigenvalue weighted by Gasteiger charge is -2.06. The molecule has 0 unspecified atom stereocenters. The molecule has 0 atom stereocenters. The summed E-state index contributed by atoms with van der Waals surface area (Å²) < 4.78 is 0. The van der Waals surface area contributed by atoms with Crippen LogP contribution < -0.4 is 10.6 Å². The molecule has 92 valence electrons. The largest absolute Gasteiger partial charge is 0.477 e. The number of carboxylic acid groups (broad SMARTS) is 1. The van der Waals surface area contributed by atoms with Crippen LogP contribution in [0.2, 0.25) is 0 Å². The summed E-state index contributed by atoms with van der Waals surface area (Å²) in [7, 11) is 0. The molecule has 1 aromatic heterocycles. The van der Waals surface area contributed by atoms with E-state index in [1.165, 1.54) is 18.9 Å². The average Bonchev–Trinajstić information content (AvgIpc) is 3.13. The second-order valence-electron chi connectivity index (χ2n) is 4.25. The fourth-order valence-electron chi connectivity index (χ4n) is 1.54. The fourth-order valence-corrected chi connectivity index (χ4v) is 1.54. The third-order valence-electron chi connectivity index (χ3n) is 2.68. The number of pyridine rings is 1. The maximum Gasteiger partial charge on any atom is 0.354 e. The summed E-state index contributed by atoms with van der Waals surface area (Å²) in [5.41, 5.74) is 0.937. The van der Waals surface area contributed by atoms with Gasteiger partial charge < -0.3 is 15.7 Å². The molecule has 1 aliphatic rings. The quantitative estimate of drug-likeness (QED) is 0.622. The summed E-state index contributed by atoms with van der Waals surface area (Å²) in [6, 6.07) is 4.00. The van der Waals surface area contributed by atoms with Gasteiger partial charge in [-0.15, -0.1) is 0 Å². The summed E-state index contributed by atoms with van der Waals surface area (Å²) in [6.07, 6.45) is 5.23. The Balaban J connectivity index is 1.65. The lowest BCUT2D eigenvalue weighted by Crippen LogP contribution is -2.19. The number of hydrogen-bond acceptors (Lipinski definition) is 4. The average molecular weight is 235 g/mol. The molecule has 0 amide bonds. The number of nitrogens with zero attached hydrogens (tertiary/aromatic N) is 1. The highest BCUT2D eigenvalue weighted by atomic mass is 16.4. The Morgan fingerprint density at radius 3 is 2.82 bits per heavy atom. The van der Waals surface area contributed by atoms with Crippen molar-refractivity contribution >= 4 is 11.7 Å². The highest BCUT2D eigenvalue weighted by Gasteiger charge is 2.19. The minimum absolute atomic E-state index is 0.0750. The molecule has 0 aliphatic heterocycles. The van der Waals surface area contributed by atoms with Crippen molar-refractivity contribution in [1.29, 1.82) is 0 Å². The van der Waals surface area contributed by atoms with Crippen LogP contribution in [0.25, 0.3) is 0 Å². The Morgan fingerprint density at radius 2 is 2.24 bits per heavy atom. The zero-order valence-corrected chi connectivity index (χ0v) is 9.65. The molecule has 0 aromatic carbocycles. The van der Waals surface area contributed by atoms with Crippen molar-refractivity contribution in [2.75, 3.05) is 18.4 Å². The van der Waals surface area contributed by atoms with Crippen molar-refractivity contribution in [3.05, 3.63) is 24.0 Å². The molecule has 1 aromatic rings. The Morgan fingerprint density at radius 1 is 1.41 bits per heavy atom. The normalized spacial score (nSPS) is 14.6. The molecule has 0 bridgehead atoms. The molecular weight excluding hydrogens is 218 g/mol. The molecule has 1 saturated carbocycles. The van der Waals surface area contributed by atoms with Crippen LogP contribution in [-0.2, 0) is 0 Å². The van der Waals surface area contributed by atoms with Gasteiger partial charge in [0.15, 0.2) is 0 Å². The molecule has 1 aliphatic carbocycles. The van der Waals surface area contributed by atoms with Crippen LogP contribution in [0.1, 0.15) is 29.8 Å². The van der Waals surface area contributed by atoms with Crippen LogP contribution in [0.3, 0.4) is 0 Å². The van der Waals surface area contributed by atoms with Crippen LogP contribution in [0.4, 0.5) is 5.69 Å². The summed E-state index contributed by atoms with van der Waals surface area (Å²) >= 11 is 0. The van der Waals surface area contributed by atoms with E-state index in [0.717, 1.165) is 31.2 Å². The van der Waals surface area contributed by atoms with E-state index in [-0.39, 0.29) is 5.69 Å². The zero-order chi connectivity index (χ0) is 12.1. The maximum atomic E-state index is 10.6. The van der Waals surface area contributed by atoms with Crippen molar-refractivity contribution in [2.45, 2.75) is 25.3 Å². The standard InChI is InChI=1S/C12H17N3O2/c16-12(17)11-5-4-10(8-15-11)14-7-1-6-13-9-2-3-9/h4-5,8-9,13-14H,1-3,6-7H2,(H,16,17). The van der Waals surface area contributed by atoms with E-state index in [9.17, 15) is 4.79 Å². The van der Waals surface area contributed by atoms with E-state index >= 15 is 0 Å². The fraction of sp³-hybridized carbons (Fsp3) is 0.500. The van der Waals surface area contributed by atoms with E-state index < -0.39 is 5.97 Å². The Labute approximate surface area is 100 Å². The van der Waals surface area contributed by atoms with Gasteiger partial charge in [0.2, 0.25) is 0 Å². The van der Waals surface area contributed by atoms with Crippen molar-refractivity contribution in [3.8, 4) is 0 Å². The minimum atomic E-state index is -0.995. The van der Waals surface area contributed by atoms with E-state index in [1.54, 1.807) is 12.3 Å². The van der Waals surface area contributed by atoms with E-state index in [2.05, 4.69) is 15.6 Å².